The first-order chi connectivity index (χ1) is 14.8. The fourth-order valence-electron chi connectivity index (χ4n) is 5.37. The SMILES string of the molecule is CC[NH+]1CCN(c2[nH+]cnc3c2sc2nc(N4CCOCC4)c4c(c23)CCC4)CC1. The second-order valence-electron chi connectivity index (χ2n) is 8.65. The van der Waals surface area contributed by atoms with Crippen molar-refractivity contribution in [1.29, 1.82) is 0 Å². The highest BCUT2D eigenvalue weighted by Gasteiger charge is 2.31. The summed E-state index contributed by atoms with van der Waals surface area (Å²) in [5.74, 6) is 2.44. The Balaban J connectivity index is 1.48. The highest BCUT2D eigenvalue weighted by Crippen LogP contribution is 2.43. The summed E-state index contributed by atoms with van der Waals surface area (Å²) in [6.45, 7) is 11.6. The number of hydrogen-bond acceptors (Lipinski definition) is 6. The number of hydrogen-bond donors (Lipinski definition) is 1. The van der Waals surface area contributed by atoms with E-state index in [0.29, 0.717) is 0 Å². The van der Waals surface area contributed by atoms with Gasteiger partial charge in [0.1, 0.15) is 41.5 Å². The Morgan fingerprint density at radius 1 is 1.10 bits per heavy atom. The van der Waals surface area contributed by atoms with Gasteiger partial charge in [-0.3, -0.25) is 4.90 Å². The predicted octanol–water partition coefficient (Wildman–Crippen LogP) is 0.709. The Morgan fingerprint density at radius 3 is 2.70 bits per heavy atom. The van der Waals surface area contributed by atoms with Gasteiger partial charge in [-0.15, -0.1) is 16.3 Å². The molecule has 0 saturated carbocycles. The minimum Gasteiger partial charge on any atom is -0.378 e. The van der Waals surface area contributed by atoms with E-state index in [9.17, 15) is 0 Å². The van der Waals surface area contributed by atoms with E-state index in [4.69, 9.17) is 14.7 Å². The quantitative estimate of drug-likeness (QED) is 0.669. The lowest BCUT2D eigenvalue weighted by Gasteiger charge is -2.29. The molecule has 2 saturated heterocycles. The number of thiophene rings is 1. The number of fused-ring (bicyclic) bond motifs is 5. The van der Waals surface area contributed by atoms with Crippen molar-refractivity contribution in [3.05, 3.63) is 17.5 Å². The molecule has 8 heteroatoms. The maximum Gasteiger partial charge on any atom is 0.243 e. The van der Waals surface area contributed by atoms with E-state index in [1.807, 2.05) is 17.7 Å². The van der Waals surface area contributed by atoms with E-state index in [-0.39, 0.29) is 0 Å². The third kappa shape index (κ3) is 2.96. The summed E-state index contributed by atoms with van der Waals surface area (Å²) in [6.07, 6.45) is 5.39. The number of quaternary nitrogens is 1. The number of aryl methyl sites for hydroxylation is 1. The van der Waals surface area contributed by atoms with E-state index in [1.165, 1.54) is 58.9 Å². The van der Waals surface area contributed by atoms with Crippen LogP contribution >= 0.6 is 11.3 Å². The zero-order chi connectivity index (χ0) is 20.1. The Labute approximate surface area is 180 Å². The van der Waals surface area contributed by atoms with Gasteiger partial charge in [0.25, 0.3) is 0 Å². The molecule has 1 aliphatic carbocycles. The van der Waals surface area contributed by atoms with Gasteiger partial charge in [-0.1, -0.05) is 0 Å². The summed E-state index contributed by atoms with van der Waals surface area (Å²) in [5.41, 5.74) is 4.10. The highest BCUT2D eigenvalue weighted by molar-refractivity contribution is 7.26. The molecule has 2 aliphatic heterocycles. The minimum absolute atomic E-state index is 0.799. The number of nitrogens with one attached hydrogen (secondary N) is 2. The van der Waals surface area contributed by atoms with E-state index in [2.05, 4.69) is 21.7 Å². The van der Waals surface area contributed by atoms with Crippen LogP contribution in [0.3, 0.4) is 0 Å². The molecule has 158 valence electrons. The number of pyridine rings is 1. The number of likely N-dealkylation sites (N-methyl/N-ethyl adjacent to an activating group) is 1. The average Bonchev–Trinajstić information content (AvgIpc) is 3.43. The largest absolute Gasteiger partial charge is 0.378 e. The van der Waals surface area contributed by atoms with Gasteiger partial charge < -0.3 is 14.5 Å². The van der Waals surface area contributed by atoms with Crippen molar-refractivity contribution in [2.24, 2.45) is 0 Å². The molecule has 0 amide bonds. The zero-order valence-corrected chi connectivity index (χ0v) is 18.5. The van der Waals surface area contributed by atoms with Crippen LogP contribution in [-0.2, 0) is 17.6 Å². The van der Waals surface area contributed by atoms with Gasteiger partial charge >= 0.3 is 0 Å². The molecule has 2 N–H and O–H groups in total. The Bertz CT molecular complexity index is 1080. The van der Waals surface area contributed by atoms with E-state index in [1.54, 1.807) is 4.90 Å². The molecule has 7 nitrogen and oxygen atoms in total. The summed E-state index contributed by atoms with van der Waals surface area (Å²) < 4.78 is 6.86. The number of aromatic nitrogens is 3. The number of anilines is 2. The van der Waals surface area contributed by atoms with Crippen molar-refractivity contribution in [2.45, 2.75) is 26.2 Å². The Kier molecular flexibility index (Phi) is 4.73. The molecule has 0 radical (unpaired) electrons. The summed E-state index contributed by atoms with van der Waals surface area (Å²) >= 11 is 1.82. The number of aromatic amines is 1. The van der Waals surface area contributed by atoms with Crippen molar-refractivity contribution < 1.29 is 14.6 Å². The molecular formula is C22H30N6OS+2. The molecule has 0 aromatic carbocycles. The van der Waals surface area contributed by atoms with Gasteiger partial charge in [0, 0.05) is 13.1 Å². The number of H-pyrrole nitrogens is 1. The zero-order valence-electron chi connectivity index (χ0n) is 17.7. The standard InChI is InChI=1S/C22H28N6OS/c1-2-26-6-8-27(9-7-26)21-19-18(23-14-24-21)17-15-4-3-5-16(15)20(25-22(17)30-19)28-10-12-29-13-11-28/h14H,2-13H2,1H3/p+2. The van der Waals surface area contributed by atoms with Crippen LogP contribution in [0.2, 0.25) is 0 Å². The van der Waals surface area contributed by atoms with Gasteiger partial charge in [0.05, 0.1) is 25.1 Å². The molecule has 5 heterocycles. The lowest BCUT2D eigenvalue weighted by Crippen LogP contribution is -3.14. The molecule has 0 atom stereocenters. The Morgan fingerprint density at radius 2 is 1.90 bits per heavy atom. The fraction of sp³-hybridized carbons (Fsp3) is 0.591. The van der Waals surface area contributed by atoms with Crippen LogP contribution < -0.4 is 19.7 Å². The van der Waals surface area contributed by atoms with E-state index >= 15 is 0 Å². The smallest absolute Gasteiger partial charge is 0.243 e. The van der Waals surface area contributed by atoms with E-state index < -0.39 is 0 Å². The molecule has 3 aliphatic rings. The number of nitrogens with zero attached hydrogens (tertiary/aromatic N) is 4. The Hall–Kier alpha value is -2.03. The normalized spacial score (nSPS) is 20.4. The predicted molar refractivity (Wildman–Crippen MR) is 120 cm³/mol. The minimum atomic E-state index is 0.799. The molecule has 2 fully saturated rings. The maximum atomic E-state index is 5.59. The van der Waals surface area contributed by atoms with Gasteiger partial charge in [-0.05, 0) is 37.3 Å². The second kappa shape index (κ2) is 7.59. The molecule has 0 unspecified atom stereocenters. The average molecular weight is 427 g/mol. The topological polar surface area (TPSA) is 60.1 Å². The monoisotopic (exact) mass is 426 g/mol. The van der Waals surface area contributed by atoms with Crippen molar-refractivity contribution in [1.82, 2.24) is 9.97 Å². The fourth-order valence-corrected chi connectivity index (χ4v) is 6.55. The molecule has 3 aromatic heterocycles. The summed E-state index contributed by atoms with van der Waals surface area (Å²) in [6, 6.07) is 0. The van der Waals surface area contributed by atoms with E-state index in [0.717, 1.165) is 62.6 Å². The molecule has 3 aromatic rings. The lowest BCUT2D eigenvalue weighted by atomic mass is 10.1. The van der Waals surface area contributed by atoms with Gasteiger partial charge in [-0.25, -0.2) is 9.97 Å². The van der Waals surface area contributed by atoms with Crippen molar-refractivity contribution in [3.8, 4) is 0 Å². The van der Waals surface area contributed by atoms with Crippen molar-refractivity contribution in [2.75, 3.05) is 68.8 Å². The molecule has 30 heavy (non-hydrogen) atoms. The first-order valence-electron chi connectivity index (χ1n) is 11.4. The molecule has 0 spiro atoms. The summed E-state index contributed by atoms with van der Waals surface area (Å²) in [4.78, 5) is 21.3. The number of ether oxygens (including phenoxy) is 1. The molecule has 0 bridgehead atoms. The van der Waals surface area contributed by atoms with Crippen LogP contribution in [-0.4, -0.2) is 69.0 Å². The molecule has 6 rings (SSSR count). The lowest BCUT2D eigenvalue weighted by molar-refractivity contribution is -0.898. The van der Waals surface area contributed by atoms with Crippen LogP contribution in [0.1, 0.15) is 24.5 Å². The van der Waals surface area contributed by atoms with Crippen LogP contribution in [0.25, 0.3) is 20.4 Å². The van der Waals surface area contributed by atoms with Crippen LogP contribution in [0.5, 0.6) is 0 Å². The highest BCUT2D eigenvalue weighted by atomic mass is 32.1. The van der Waals surface area contributed by atoms with Crippen LogP contribution in [0, 0.1) is 0 Å². The summed E-state index contributed by atoms with van der Waals surface area (Å²) in [5, 5.41) is 1.31. The first-order valence-corrected chi connectivity index (χ1v) is 12.2. The summed E-state index contributed by atoms with van der Waals surface area (Å²) in [7, 11) is 0. The second-order valence-corrected chi connectivity index (χ2v) is 9.65. The third-order valence-corrected chi connectivity index (χ3v) is 8.15. The van der Waals surface area contributed by atoms with Crippen LogP contribution in [0.15, 0.2) is 6.33 Å². The number of morpholine rings is 1. The van der Waals surface area contributed by atoms with Gasteiger partial charge in [-0.2, -0.15) is 0 Å². The van der Waals surface area contributed by atoms with Crippen LogP contribution in [0.4, 0.5) is 11.6 Å². The van der Waals surface area contributed by atoms with Gasteiger partial charge in [0.15, 0.2) is 5.52 Å². The third-order valence-electron chi connectivity index (χ3n) is 7.07. The van der Waals surface area contributed by atoms with Crippen molar-refractivity contribution in [3.63, 3.8) is 0 Å². The van der Waals surface area contributed by atoms with Gasteiger partial charge in [0.2, 0.25) is 12.1 Å². The first kappa shape index (κ1) is 18.7. The van der Waals surface area contributed by atoms with Crippen molar-refractivity contribution >= 4 is 43.4 Å². The number of piperazine rings is 1. The molecular weight excluding hydrogens is 396 g/mol. The maximum absolute atomic E-state index is 5.59. The number of rotatable bonds is 3.